The number of hydrogen-bond acceptors (Lipinski definition) is 3. The minimum Gasteiger partial charge on any atom is -0.497 e. The van der Waals surface area contributed by atoms with E-state index < -0.39 is 0 Å². The van der Waals surface area contributed by atoms with E-state index in [0.717, 1.165) is 11.3 Å². The molecule has 0 saturated heterocycles. The fraction of sp³-hybridized carbons (Fsp3) is 0.273. The van der Waals surface area contributed by atoms with Crippen molar-refractivity contribution in [3.8, 4) is 5.75 Å². The standard InChI is InChI=1S/C11H12ClN3O/c1-8(15-7-13-14-11(15)12)9-3-5-10(16-2)6-4-9/h3-8H,1-2H3. The fourth-order valence-electron chi connectivity index (χ4n) is 1.53. The average Bonchev–Trinajstić information content (AvgIpc) is 2.75. The summed E-state index contributed by atoms with van der Waals surface area (Å²) in [6, 6.07) is 7.95. The predicted octanol–water partition coefficient (Wildman–Crippen LogP) is 2.55. The molecule has 84 valence electrons. The van der Waals surface area contributed by atoms with Gasteiger partial charge < -0.3 is 4.74 Å². The molecule has 0 aliphatic heterocycles. The summed E-state index contributed by atoms with van der Waals surface area (Å²) in [4.78, 5) is 0. The van der Waals surface area contributed by atoms with Gasteiger partial charge in [-0.3, -0.25) is 4.57 Å². The van der Waals surface area contributed by atoms with Gasteiger partial charge in [-0.05, 0) is 36.2 Å². The van der Waals surface area contributed by atoms with E-state index in [1.54, 1.807) is 13.4 Å². The highest BCUT2D eigenvalue weighted by Gasteiger charge is 2.11. The molecule has 2 rings (SSSR count). The first-order valence-corrected chi connectivity index (χ1v) is 5.29. The fourth-order valence-corrected chi connectivity index (χ4v) is 1.76. The van der Waals surface area contributed by atoms with Crippen molar-refractivity contribution in [1.29, 1.82) is 0 Å². The van der Waals surface area contributed by atoms with Gasteiger partial charge in [0, 0.05) is 0 Å². The maximum absolute atomic E-state index is 5.91. The molecule has 2 aromatic rings. The number of halogens is 1. The summed E-state index contributed by atoms with van der Waals surface area (Å²) in [6.45, 7) is 2.04. The number of hydrogen-bond donors (Lipinski definition) is 0. The zero-order valence-electron chi connectivity index (χ0n) is 9.09. The van der Waals surface area contributed by atoms with Crippen LogP contribution in [0, 0.1) is 0 Å². The van der Waals surface area contributed by atoms with Crippen LogP contribution in [-0.4, -0.2) is 21.9 Å². The first-order chi connectivity index (χ1) is 7.72. The molecule has 0 fully saturated rings. The van der Waals surface area contributed by atoms with E-state index in [9.17, 15) is 0 Å². The third kappa shape index (κ3) is 2.02. The second-order valence-electron chi connectivity index (χ2n) is 3.46. The molecule has 16 heavy (non-hydrogen) atoms. The number of nitrogens with zero attached hydrogens (tertiary/aromatic N) is 3. The Bertz CT molecular complexity index is 466. The van der Waals surface area contributed by atoms with Gasteiger partial charge in [0.2, 0.25) is 5.28 Å². The van der Waals surface area contributed by atoms with Crippen molar-refractivity contribution in [2.24, 2.45) is 0 Å². The van der Waals surface area contributed by atoms with Gasteiger partial charge in [0.15, 0.2) is 0 Å². The molecular formula is C11H12ClN3O. The molecule has 0 aliphatic rings. The summed E-state index contributed by atoms with van der Waals surface area (Å²) in [7, 11) is 1.65. The number of benzene rings is 1. The van der Waals surface area contributed by atoms with Gasteiger partial charge >= 0.3 is 0 Å². The number of rotatable bonds is 3. The van der Waals surface area contributed by atoms with Crippen molar-refractivity contribution in [1.82, 2.24) is 14.8 Å². The lowest BCUT2D eigenvalue weighted by atomic mass is 10.1. The Balaban J connectivity index is 2.27. The van der Waals surface area contributed by atoms with E-state index in [1.165, 1.54) is 0 Å². The van der Waals surface area contributed by atoms with Crippen LogP contribution in [0.2, 0.25) is 5.28 Å². The van der Waals surface area contributed by atoms with E-state index >= 15 is 0 Å². The van der Waals surface area contributed by atoms with Crippen LogP contribution in [0.1, 0.15) is 18.5 Å². The summed E-state index contributed by atoms with van der Waals surface area (Å²) in [5.74, 6) is 0.839. The van der Waals surface area contributed by atoms with Crippen molar-refractivity contribution >= 4 is 11.6 Å². The second kappa shape index (κ2) is 4.53. The van der Waals surface area contributed by atoms with E-state index in [4.69, 9.17) is 16.3 Å². The van der Waals surface area contributed by atoms with Crippen LogP contribution in [-0.2, 0) is 0 Å². The minimum absolute atomic E-state index is 0.105. The van der Waals surface area contributed by atoms with Crippen molar-refractivity contribution in [3.63, 3.8) is 0 Å². The molecule has 1 unspecified atom stereocenters. The number of methoxy groups -OCH3 is 1. The predicted molar refractivity (Wildman–Crippen MR) is 61.8 cm³/mol. The van der Waals surface area contributed by atoms with Crippen LogP contribution in [0.15, 0.2) is 30.6 Å². The topological polar surface area (TPSA) is 39.9 Å². The molecule has 0 bridgehead atoms. The monoisotopic (exact) mass is 237 g/mol. The normalized spacial score (nSPS) is 12.4. The third-order valence-electron chi connectivity index (χ3n) is 2.54. The molecule has 1 aromatic heterocycles. The number of ether oxygens (including phenoxy) is 1. The first-order valence-electron chi connectivity index (χ1n) is 4.91. The highest BCUT2D eigenvalue weighted by atomic mass is 35.5. The molecule has 0 spiro atoms. The van der Waals surface area contributed by atoms with Crippen molar-refractivity contribution in [3.05, 3.63) is 41.4 Å². The molecule has 0 aliphatic carbocycles. The molecule has 0 N–H and O–H groups in total. The van der Waals surface area contributed by atoms with Crippen LogP contribution in [0.25, 0.3) is 0 Å². The molecule has 5 heteroatoms. The quantitative estimate of drug-likeness (QED) is 0.824. The summed E-state index contributed by atoms with van der Waals surface area (Å²) in [5, 5.41) is 7.90. The van der Waals surface area contributed by atoms with Crippen LogP contribution in [0.4, 0.5) is 0 Å². The van der Waals surface area contributed by atoms with Gasteiger partial charge in [-0.15, -0.1) is 10.2 Å². The zero-order valence-corrected chi connectivity index (χ0v) is 9.85. The Hall–Kier alpha value is -1.55. The second-order valence-corrected chi connectivity index (χ2v) is 3.79. The Morgan fingerprint density at radius 1 is 1.31 bits per heavy atom. The largest absolute Gasteiger partial charge is 0.497 e. The molecule has 1 heterocycles. The zero-order chi connectivity index (χ0) is 11.5. The summed E-state index contributed by atoms with van der Waals surface area (Å²) < 4.78 is 6.91. The van der Waals surface area contributed by atoms with Crippen LogP contribution >= 0.6 is 11.6 Å². The van der Waals surface area contributed by atoms with Crippen molar-refractivity contribution in [2.75, 3.05) is 7.11 Å². The van der Waals surface area contributed by atoms with Crippen LogP contribution in [0.3, 0.4) is 0 Å². The van der Waals surface area contributed by atoms with Gasteiger partial charge in [-0.1, -0.05) is 12.1 Å². The minimum atomic E-state index is 0.105. The van der Waals surface area contributed by atoms with E-state index in [-0.39, 0.29) is 6.04 Å². The van der Waals surface area contributed by atoms with Gasteiger partial charge in [0.25, 0.3) is 0 Å². The summed E-state index contributed by atoms with van der Waals surface area (Å²) in [5.41, 5.74) is 1.13. The maximum Gasteiger partial charge on any atom is 0.225 e. The Labute approximate surface area is 98.8 Å². The lowest BCUT2D eigenvalue weighted by Gasteiger charge is -2.13. The van der Waals surface area contributed by atoms with E-state index in [1.807, 2.05) is 35.8 Å². The average molecular weight is 238 g/mol. The molecule has 0 amide bonds. The summed E-state index contributed by atoms with van der Waals surface area (Å²) >= 11 is 5.91. The highest BCUT2D eigenvalue weighted by molar-refractivity contribution is 6.28. The molecule has 4 nitrogen and oxygen atoms in total. The molecule has 1 aromatic carbocycles. The third-order valence-corrected chi connectivity index (χ3v) is 2.82. The van der Waals surface area contributed by atoms with Gasteiger partial charge in [0.1, 0.15) is 12.1 Å². The number of aromatic nitrogens is 3. The smallest absolute Gasteiger partial charge is 0.225 e. The van der Waals surface area contributed by atoms with Crippen LogP contribution < -0.4 is 4.74 Å². The lowest BCUT2D eigenvalue weighted by molar-refractivity contribution is 0.414. The molecular weight excluding hydrogens is 226 g/mol. The van der Waals surface area contributed by atoms with Gasteiger partial charge in [0.05, 0.1) is 13.2 Å². The van der Waals surface area contributed by atoms with Crippen LogP contribution in [0.5, 0.6) is 5.75 Å². The maximum atomic E-state index is 5.91. The lowest BCUT2D eigenvalue weighted by Crippen LogP contribution is -2.05. The highest BCUT2D eigenvalue weighted by Crippen LogP contribution is 2.22. The SMILES string of the molecule is COc1ccc(C(C)n2cnnc2Cl)cc1. The molecule has 1 atom stereocenters. The van der Waals surface area contributed by atoms with E-state index in [2.05, 4.69) is 10.2 Å². The first kappa shape index (κ1) is 11.0. The Morgan fingerprint density at radius 2 is 2.00 bits per heavy atom. The van der Waals surface area contributed by atoms with Gasteiger partial charge in [-0.25, -0.2) is 0 Å². The van der Waals surface area contributed by atoms with Crippen molar-refractivity contribution in [2.45, 2.75) is 13.0 Å². The van der Waals surface area contributed by atoms with Crippen molar-refractivity contribution < 1.29 is 4.74 Å². The van der Waals surface area contributed by atoms with E-state index in [0.29, 0.717) is 5.28 Å². The molecule has 0 saturated carbocycles. The molecule has 0 radical (unpaired) electrons. The van der Waals surface area contributed by atoms with Gasteiger partial charge in [-0.2, -0.15) is 0 Å². The Morgan fingerprint density at radius 3 is 2.50 bits per heavy atom. The Kier molecular flexibility index (Phi) is 3.10. The summed E-state index contributed by atoms with van der Waals surface area (Å²) in [6.07, 6.45) is 1.62.